The minimum Gasteiger partial charge on any atom is -0.399 e. The monoisotopic (exact) mass is 315 g/mol. The number of benzene rings is 1. The first kappa shape index (κ1) is 16.3. The zero-order valence-electron chi connectivity index (χ0n) is 14.0. The Balaban J connectivity index is 1.38. The van der Waals surface area contributed by atoms with Crippen LogP contribution in [0.15, 0.2) is 24.3 Å². The Hall–Kier alpha value is -1.55. The Morgan fingerprint density at radius 2 is 1.91 bits per heavy atom. The number of rotatable bonds is 5. The number of hydrogen-bond acceptors (Lipinski definition) is 3. The number of nitrogens with two attached hydrogens (primary N) is 1. The second-order valence-electron chi connectivity index (χ2n) is 7.22. The van der Waals surface area contributed by atoms with E-state index < -0.39 is 0 Å². The number of carbonyl (C=O) groups is 1. The third kappa shape index (κ3) is 4.96. The van der Waals surface area contributed by atoms with Gasteiger partial charge in [0.25, 0.3) is 0 Å². The van der Waals surface area contributed by atoms with Crippen LogP contribution in [0.2, 0.25) is 0 Å². The molecule has 1 aliphatic carbocycles. The fourth-order valence-corrected chi connectivity index (χ4v) is 3.95. The normalized spacial score (nSPS) is 20.7. The van der Waals surface area contributed by atoms with Crippen molar-refractivity contribution in [1.82, 2.24) is 10.2 Å². The van der Waals surface area contributed by atoms with Crippen LogP contribution in [0.3, 0.4) is 0 Å². The molecule has 4 nitrogen and oxygen atoms in total. The number of amides is 1. The lowest BCUT2D eigenvalue weighted by molar-refractivity contribution is -0.123. The van der Waals surface area contributed by atoms with E-state index in [-0.39, 0.29) is 5.91 Å². The fourth-order valence-electron chi connectivity index (χ4n) is 3.95. The molecule has 1 heterocycles. The first-order chi connectivity index (χ1) is 11.2. The lowest BCUT2D eigenvalue weighted by Gasteiger charge is -2.32. The third-order valence-corrected chi connectivity index (χ3v) is 5.26. The third-order valence-electron chi connectivity index (χ3n) is 5.26. The molecule has 0 aromatic heterocycles. The van der Waals surface area contributed by atoms with Gasteiger partial charge in [-0.3, -0.25) is 9.69 Å². The van der Waals surface area contributed by atoms with Gasteiger partial charge in [-0.25, -0.2) is 0 Å². The molecule has 0 atom stereocenters. The fraction of sp³-hybridized carbons (Fsp3) is 0.632. The predicted octanol–water partition coefficient (Wildman–Crippen LogP) is 2.93. The number of nitrogens with one attached hydrogen (secondary N) is 1. The molecule has 1 saturated heterocycles. The summed E-state index contributed by atoms with van der Waals surface area (Å²) in [6.45, 7) is 3.04. The van der Waals surface area contributed by atoms with Gasteiger partial charge in [0.2, 0.25) is 5.91 Å². The maximum absolute atomic E-state index is 12.1. The molecule has 126 valence electrons. The summed E-state index contributed by atoms with van der Waals surface area (Å²) in [5.74, 6) is 0.907. The van der Waals surface area contributed by atoms with Crippen molar-refractivity contribution in [3.63, 3.8) is 0 Å². The molecule has 0 bridgehead atoms. The number of hydrogen-bond donors (Lipinski definition) is 2. The van der Waals surface area contributed by atoms with Gasteiger partial charge in [0.1, 0.15) is 0 Å². The minimum absolute atomic E-state index is 0.270. The van der Waals surface area contributed by atoms with E-state index in [0.29, 0.717) is 12.0 Å². The SMILES string of the molecule is Nc1cccc(CN2CCC(NC(=O)CC3CCCC3)CC2)c1. The van der Waals surface area contributed by atoms with Crippen LogP contribution in [0.25, 0.3) is 0 Å². The van der Waals surface area contributed by atoms with Crippen molar-refractivity contribution in [1.29, 1.82) is 0 Å². The quantitative estimate of drug-likeness (QED) is 0.821. The van der Waals surface area contributed by atoms with Crippen molar-refractivity contribution in [2.45, 2.75) is 57.5 Å². The van der Waals surface area contributed by atoms with Crippen LogP contribution in [0, 0.1) is 5.92 Å². The molecular formula is C19H29N3O. The Bertz CT molecular complexity index is 517. The van der Waals surface area contributed by atoms with E-state index in [0.717, 1.165) is 44.6 Å². The average molecular weight is 315 g/mol. The van der Waals surface area contributed by atoms with E-state index in [1.165, 1.54) is 31.2 Å². The first-order valence-corrected chi connectivity index (χ1v) is 9.05. The zero-order chi connectivity index (χ0) is 16.1. The van der Waals surface area contributed by atoms with Gasteiger partial charge in [-0.05, 0) is 49.3 Å². The Morgan fingerprint density at radius 1 is 1.17 bits per heavy atom. The maximum atomic E-state index is 12.1. The average Bonchev–Trinajstić information content (AvgIpc) is 3.02. The topological polar surface area (TPSA) is 58.4 Å². The Morgan fingerprint density at radius 3 is 2.61 bits per heavy atom. The molecule has 23 heavy (non-hydrogen) atoms. The smallest absolute Gasteiger partial charge is 0.220 e. The summed E-state index contributed by atoms with van der Waals surface area (Å²) in [5.41, 5.74) is 7.94. The largest absolute Gasteiger partial charge is 0.399 e. The van der Waals surface area contributed by atoms with Crippen LogP contribution >= 0.6 is 0 Å². The number of likely N-dealkylation sites (tertiary alicyclic amines) is 1. The highest BCUT2D eigenvalue weighted by molar-refractivity contribution is 5.76. The van der Waals surface area contributed by atoms with Crippen molar-refractivity contribution >= 4 is 11.6 Å². The van der Waals surface area contributed by atoms with Crippen LogP contribution in [0.4, 0.5) is 5.69 Å². The van der Waals surface area contributed by atoms with Crippen molar-refractivity contribution in [3.8, 4) is 0 Å². The molecule has 1 aromatic carbocycles. The van der Waals surface area contributed by atoms with Crippen LogP contribution in [-0.2, 0) is 11.3 Å². The Labute approximate surface area is 139 Å². The summed E-state index contributed by atoms with van der Waals surface area (Å²) in [6, 6.07) is 8.48. The van der Waals surface area contributed by atoms with Crippen LogP contribution in [0.5, 0.6) is 0 Å². The van der Waals surface area contributed by atoms with Gasteiger partial charge in [0.15, 0.2) is 0 Å². The molecule has 1 aromatic rings. The summed E-state index contributed by atoms with van der Waals surface area (Å²) in [5, 5.41) is 3.25. The summed E-state index contributed by atoms with van der Waals surface area (Å²) < 4.78 is 0. The van der Waals surface area contributed by atoms with Gasteiger partial charge in [-0.1, -0.05) is 25.0 Å². The van der Waals surface area contributed by atoms with Crippen molar-refractivity contribution in [3.05, 3.63) is 29.8 Å². The van der Waals surface area contributed by atoms with Crippen molar-refractivity contribution in [2.24, 2.45) is 5.92 Å². The van der Waals surface area contributed by atoms with E-state index in [9.17, 15) is 4.79 Å². The van der Waals surface area contributed by atoms with Gasteiger partial charge in [-0.2, -0.15) is 0 Å². The predicted molar refractivity (Wildman–Crippen MR) is 93.9 cm³/mol. The van der Waals surface area contributed by atoms with Gasteiger partial charge in [-0.15, -0.1) is 0 Å². The lowest BCUT2D eigenvalue weighted by Crippen LogP contribution is -2.44. The van der Waals surface area contributed by atoms with Crippen molar-refractivity contribution < 1.29 is 4.79 Å². The molecule has 3 N–H and O–H groups in total. The second-order valence-corrected chi connectivity index (χ2v) is 7.22. The molecule has 0 radical (unpaired) electrons. The van der Waals surface area contributed by atoms with Gasteiger partial charge < -0.3 is 11.1 Å². The summed E-state index contributed by atoms with van der Waals surface area (Å²) in [6.07, 6.45) is 7.94. The summed E-state index contributed by atoms with van der Waals surface area (Å²) in [4.78, 5) is 14.6. The standard InChI is InChI=1S/C19H29N3O/c20-17-7-3-6-16(12-17)14-22-10-8-18(9-11-22)21-19(23)13-15-4-1-2-5-15/h3,6-7,12,15,18H,1-2,4-5,8-11,13-14,20H2,(H,21,23). The summed E-state index contributed by atoms with van der Waals surface area (Å²) >= 11 is 0. The molecule has 1 amide bonds. The molecular weight excluding hydrogens is 286 g/mol. The van der Waals surface area contributed by atoms with E-state index >= 15 is 0 Å². The van der Waals surface area contributed by atoms with E-state index in [4.69, 9.17) is 5.73 Å². The van der Waals surface area contributed by atoms with E-state index in [1.54, 1.807) is 0 Å². The highest BCUT2D eigenvalue weighted by atomic mass is 16.1. The van der Waals surface area contributed by atoms with E-state index in [1.807, 2.05) is 12.1 Å². The van der Waals surface area contributed by atoms with Crippen LogP contribution in [0.1, 0.15) is 50.5 Å². The van der Waals surface area contributed by atoms with Gasteiger partial charge >= 0.3 is 0 Å². The highest BCUT2D eigenvalue weighted by Crippen LogP contribution is 2.27. The van der Waals surface area contributed by atoms with Crippen molar-refractivity contribution in [2.75, 3.05) is 18.8 Å². The molecule has 0 unspecified atom stereocenters. The lowest BCUT2D eigenvalue weighted by atomic mass is 10.0. The molecule has 2 fully saturated rings. The minimum atomic E-state index is 0.270. The zero-order valence-corrected chi connectivity index (χ0v) is 14.0. The summed E-state index contributed by atoms with van der Waals surface area (Å²) in [7, 11) is 0. The number of piperidine rings is 1. The molecule has 4 heteroatoms. The molecule has 2 aliphatic rings. The second kappa shape index (κ2) is 7.82. The number of nitrogen functional groups attached to an aromatic ring is 1. The molecule has 1 saturated carbocycles. The molecule has 1 aliphatic heterocycles. The molecule has 3 rings (SSSR count). The van der Waals surface area contributed by atoms with Gasteiger partial charge in [0.05, 0.1) is 0 Å². The van der Waals surface area contributed by atoms with Gasteiger partial charge in [0, 0.05) is 37.8 Å². The Kier molecular flexibility index (Phi) is 5.55. The number of nitrogens with zero attached hydrogens (tertiary/aromatic N) is 1. The van der Waals surface area contributed by atoms with Crippen LogP contribution < -0.4 is 11.1 Å². The van der Waals surface area contributed by atoms with E-state index in [2.05, 4.69) is 22.3 Å². The van der Waals surface area contributed by atoms with Crippen LogP contribution in [-0.4, -0.2) is 29.9 Å². The number of carbonyl (C=O) groups excluding carboxylic acids is 1. The highest BCUT2D eigenvalue weighted by Gasteiger charge is 2.23. The first-order valence-electron chi connectivity index (χ1n) is 9.05. The molecule has 0 spiro atoms. The maximum Gasteiger partial charge on any atom is 0.220 e. The number of anilines is 1.